The predicted octanol–water partition coefficient (Wildman–Crippen LogP) is 4.73. The van der Waals surface area contributed by atoms with Crippen molar-refractivity contribution in [2.24, 2.45) is 5.73 Å². The van der Waals surface area contributed by atoms with Gasteiger partial charge in [0.2, 0.25) is 0 Å². The number of nitrogens with two attached hydrogens (primary N) is 1. The Morgan fingerprint density at radius 1 is 1.19 bits per heavy atom. The molecule has 4 heteroatoms. The number of benzene rings is 1. The van der Waals surface area contributed by atoms with Gasteiger partial charge in [0.05, 0.1) is 13.2 Å². The maximum Gasteiger partial charge on any atom is 0.124 e. The predicted molar refractivity (Wildman–Crippen MR) is 89.6 cm³/mol. The molecule has 2 nitrogen and oxygen atoms in total. The van der Waals surface area contributed by atoms with E-state index in [9.17, 15) is 0 Å². The van der Waals surface area contributed by atoms with Gasteiger partial charge in [0, 0.05) is 20.3 Å². The van der Waals surface area contributed by atoms with Gasteiger partial charge >= 0.3 is 0 Å². The smallest absolute Gasteiger partial charge is 0.124 e. The highest BCUT2D eigenvalue weighted by molar-refractivity contribution is 7.12. The van der Waals surface area contributed by atoms with Gasteiger partial charge in [0.25, 0.3) is 0 Å². The molecular formula is C17H20ClNOS. The van der Waals surface area contributed by atoms with Crippen molar-refractivity contribution < 1.29 is 4.74 Å². The van der Waals surface area contributed by atoms with Crippen LogP contribution in [-0.2, 0) is 12.8 Å². The van der Waals surface area contributed by atoms with Crippen LogP contribution in [0.3, 0.4) is 0 Å². The molecule has 0 fully saturated rings. The van der Waals surface area contributed by atoms with E-state index in [1.165, 1.54) is 47.4 Å². The quantitative estimate of drug-likeness (QED) is 0.830. The molecule has 0 spiro atoms. The lowest BCUT2D eigenvalue weighted by molar-refractivity contribution is 0.408. The van der Waals surface area contributed by atoms with Crippen molar-refractivity contribution in [2.45, 2.75) is 38.1 Å². The Balaban J connectivity index is 1.95. The third-order valence-corrected chi connectivity index (χ3v) is 5.65. The zero-order valence-electron chi connectivity index (χ0n) is 12.2. The fraction of sp³-hybridized carbons (Fsp3) is 0.412. The number of thiophene rings is 1. The fourth-order valence-electron chi connectivity index (χ4n) is 2.95. The number of aryl methyl sites for hydroxylation is 2. The standard InChI is InChI=1S/C17H20ClNOS/c1-20-14-8-7-12(18)10-13(14)17(19)16-9-11-5-3-2-4-6-15(11)21-16/h7-10,17H,2-6,19H2,1H3. The minimum absolute atomic E-state index is 0.171. The Labute approximate surface area is 134 Å². The molecule has 1 heterocycles. The van der Waals surface area contributed by atoms with E-state index < -0.39 is 0 Å². The van der Waals surface area contributed by atoms with Crippen molar-refractivity contribution in [1.29, 1.82) is 0 Å². The number of rotatable bonds is 3. The molecule has 0 bridgehead atoms. The second-order valence-electron chi connectivity index (χ2n) is 5.52. The van der Waals surface area contributed by atoms with Crippen molar-refractivity contribution in [3.63, 3.8) is 0 Å². The zero-order valence-corrected chi connectivity index (χ0v) is 13.8. The average Bonchev–Trinajstić information content (AvgIpc) is 2.77. The van der Waals surface area contributed by atoms with E-state index in [0.29, 0.717) is 5.02 Å². The molecule has 1 atom stereocenters. The third-order valence-electron chi connectivity index (χ3n) is 4.10. The van der Waals surface area contributed by atoms with Gasteiger partial charge in [0.1, 0.15) is 5.75 Å². The summed E-state index contributed by atoms with van der Waals surface area (Å²) in [7, 11) is 1.67. The van der Waals surface area contributed by atoms with Gasteiger partial charge in [-0.05, 0) is 55.5 Å². The zero-order chi connectivity index (χ0) is 14.8. The lowest BCUT2D eigenvalue weighted by Gasteiger charge is -2.15. The van der Waals surface area contributed by atoms with E-state index in [2.05, 4.69) is 6.07 Å². The molecule has 1 aromatic carbocycles. The summed E-state index contributed by atoms with van der Waals surface area (Å²) in [6.45, 7) is 0. The van der Waals surface area contributed by atoms with Crippen LogP contribution in [0.15, 0.2) is 24.3 Å². The topological polar surface area (TPSA) is 35.2 Å². The number of ether oxygens (including phenoxy) is 1. The van der Waals surface area contributed by atoms with Crippen LogP contribution >= 0.6 is 22.9 Å². The van der Waals surface area contributed by atoms with E-state index in [0.717, 1.165) is 11.3 Å². The lowest BCUT2D eigenvalue weighted by atomic mass is 10.0. The third kappa shape index (κ3) is 3.10. The summed E-state index contributed by atoms with van der Waals surface area (Å²) in [6, 6.07) is 7.75. The Bertz CT molecular complexity index is 614. The number of hydrogen-bond acceptors (Lipinski definition) is 3. The highest BCUT2D eigenvalue weighted by atomic mass is 35.5. The first-order valence-electron chi connectivity index (χ1n) is 7.39. The van der Waals surface area contributed by atoms with Crippen molar-refractivity contribution in [3.8, 4) is 5.75 Å². The van der Waals surface area contributed by atoms with Gasteiger partial charge in [-0.3, -0.25) is 0 Å². The summed E-state index contributed by atoms with van der Waals surface area (Å²) in [6.07, 6.45) is 6.30. The maximum atomic E-state index is 6.48. The highest BCUT2D eigenvalue weighted by Crippen LogP contribution is 2.37. The summed E-state index contributed by atoms with van der Waals surface area (Å²) in [5, 5.41) is 0.694. The minimum Gasteiger partial charge on any atom is -0.496 e. The van der Waals surface area contributed by atoms with Gasteiger partial charge in [0.15, 0.2) is 0 Å². The Morgan fingerprint density at radius 3 is 2.81 bits per heavy atom. The molecule has 0 saturated heterocycles. The molecule has 0 amide bonds. The van der Waals surface area contributed by atoms with E-state index in [4.69, 9.17) is 22.1 Å². The number of fused-ring (bicyclic) bond motifs is 1. The van der Waals surface area contributed by atoms with Gasteiger partial charge in [-0.15, -0.1) is 11.3 Å². The molecule has 2 N–H and O–H groups in total. The summed E-state index contributed by atoms with van der Waals surface area (Å²) in [4.78, 5) is 2.72. The first-order chi connectivity index (χ1) is 10.2. The first-order valence-corrected chi connectivity index (χ1v) is 8.59. The van der Waals surface area contributed by atoms with E-state index in [-0.39, 0.29) is 6.04 Å². The molecule has 1 aromatic heterocycles. The lowest BCUT2D eigenvalue weighted by Crippen LogP contribution is -2.11. The average molecular weight is 322 g/mol. The molecule has 112 valence electrons. The normalized spacial score (nSPS) is 16.1. The summed E-state index contributed by atoms with van der Waals surface area (Å²) < 4.78 is 5.43. The van der Waals surface area contributed by atoms with Gasteiger partial charge < -0.3 is 10.5 Å². The van der Waals surface area contributed by atoms with Crippen LogP contribution in [0.1, 0.15) is 46.2 Å². The number of hydrogen-bond donors (Lipinski definition) is 1. The largest absolute Gasteiger partial charge is 0.496 e. The SMILES string of the molecule is COc1ccc(Cl)cc1C(N)c1cc2c(s1)CCCCC2. The second kappa shape index (κ2) is 6.39. The van der Waals surface area contributed by atoms with Gasteiger partial charge in [-0.25, -0.2) is 0 Å². The first kappa shape index (κ1) is 14.9. The van der Waals surface area contributed by atoms with Crippen LogP contribution in [-0.4, -0.2) is 7.11 Å². The molecule has 3 rings (SSSR count). The molecule has 2 aromatic rings. The molecule has 0 saturated carbocycles. The molecule has 1 aliphatic carbocycles. The minimum atomic E-state index is -0.171. The van der Waals surface area contributed by atoms with E-state index >= 15 is 0 Å². The van der Waals surface area contributed by atoms with Crippen molar-refractivity contribution in [1.82, 2.24) is 0 Å². The molecule has 1 unspecified atom stereocenters. The Morgan fingerprint density at radius 2 is 2.00 bits per heavy atom. The van der Waals surface area contributed by atoms with Crippen molar-refractivity contribution in [2.75, 3.05) is 7.11 Å². The van der Waals surface area contributed by atoms with Crippen LogP contribution in [0.4, 0.5) is 0 Å². The Hall–Kier alpha value is -1.03. The summed E-state index contributed by atoms with van der Waals surface area (Å²) in [5.74, 6) is 0.801. The van der Waals surface area contributed by atoms with Crippen LogP contribution in [0.25, 0.3) is 0 Å². The van der Waals surface area contributed by atoms with Crippen LogP contribution < -0.4 is 10.5 Å². The number of methoxy groups -OCH3 is 1. The maximum absolute atomic E-state index is 6.48. The van der Waals surface area contributed by atoms with E-state index in [1.807, 2.05) is 29.5 Å². The molecule has 0 aliphatic heterocycles. The summed E-state index contributed by atoms with van der Waals surface area (Å²) >= 11 is 7.97. The van der Waals surface area contributed by atoms with Gasteiger partial charge in [-0.1, -0.05) is 18.0 Å². The van der Waals surface area contributed by atoms with Crippen LogP contribution in [0, 0.1) is 0 Å². The highest BCUT2D eigenvalue weighted by Gasteiger charge is 2.20. The fourth-order valence-corrected chi connectivity index (χ4v) is 4.40. The molecule has 1 aliphatic rings. The van der Waals surface area contributed by atoms with Crippen molar-refractivity contribution in [3.05, 3.63) is 50.2 Å². The monoisotopic (exact) mass is 321 g/mol. The van der Waals surface area contributed by atoms with Crippen LogP contribution in [0.2, 0.25) is 5.02 Å². The number of halogens is 1. The Kier molecular flexibility index (Phi) is 4.53. The van der Waals surface area contributed by atoms with Crippen LogP contribution in [0.5, 0.6) is 5.75 Å². The molecular weight excluding hydrogens is 302 g/mol. The second-order valence-corrected chi connectivity index (χ2v) is 7.13. The van der Waals surface area contributed by atoms with E-state index in [1.54, 1.807) is 7.11 Å². The van der Waals surface area contributed by atoms with Crippen molar-refractivity contribution >= 4 is 22.9 Å². The van der Waals surface area contributed by atoms with Gasteiger partial charge in [-0.2, -0.15) is 0 Å². The molecule has 0 radical (unpaired) electrons. The summed E-state index contributed by atoms with van der Waals surface area (Å²) in [5.41, 5.74) is 8.93. The molecule has 21 heavy (non-hydrogen) atoms.